The Bertz CT molecular complexity index is 96.6. The zero-order valence-corrected chi connectivity index (χ0v) is 6.90. The molecule has 1 rings (SSSR count). The molecule has 0 aromatic carbocycles. The van der Waals surface area contributed by atoms with Gasteiger partial charge in [0.05, 0.1) is 0 Å². The molecule has 0 nitrogen and oxygen atoms in total. The molecule has 1 aliphatic carbocycles. The summed E-state index contributed by atoms with van der Waals surface area (Å²) in [5, 5.41) is 0. The molecule has 0 aliphatic heterocycles. The van der Waals surface area contributed by atoms with E-state index in [0.717, 1.165) is 0 Å². The molecule has 0 bridgehead atoms. The van der Waals surface area contributed by atoms with E-state index < -0.39 is 0 Å². The highest BCUT2D eigenvalue weighted by atomic mass is 14.2. The van der Waals surface area contributed by atoms with E-state index in [2.05, 4.69) is 19.1 Å². The van der Waals surface area contributed by atoms with Gasteiger partial charge in [-0.25, -0.2) is 0 Å². The van der Waals surface area contributed by atoms with Crippen LogP contribution in [0.15, 0.2) is 12.2 Å². The molecule has 1 saturated carbocycles. The predicted octanol–water partition coefficient (Wildman–Crippen LogP) is 3.49. The lowest BCUT2D eigenvalue weighted by atomic mass is 9.87. The maximum Gasteiger partial charge on any atom is -0.0204 e. The summed E-state index contributed by atoms with van der Waals surface area (Å²) < 4.78 is 0. The maximum absolute atomic E-state index is 2.28. The molecule has 0 heterocycles. The van der Waals surface area contributed by atoms with Crippen LogP contribution in [0.4, 0.5) is 0 Å². The van der Waals surface area contributed by atoms with Gasteiger partial charge in [0, 0.05) is 0 Å². The Hall–Kier alpha value is -0.260. The number of allylic oxidation sites excluding steroid dienone is 2. The van der Waals surface area contributed by atoms with E-state index in [1.807, 2.05) is 0 Å². The second kappa shape index (κ2) is 4.54. The summed E-state index contributed by atoms with van der Waals surface area (Å²) in [7, 11) is 0. The fourth-order valence-electron chi connectivity index (χ4n) is 1.54. The molecule has 0 aromatic rings. The third-order valence-corrected chi connectivity index (χ3v) is 2.20. The Morgan fingerprint density at radius 1 is 1.20 bits per heavy atom. The molecule has 0 aromatic heterocycles. The second-order valence-electron chi connectivity index (χ2n) is 3.08. The van der Waals surface area contributed by atoms with E-state index in [1.54, 1.807) is 5.92 Å². The highest BCUT2D eigenvalue weighted by Gasteiger charge is 2.11. The predicted molar refractivity (Wildman–Crippen MR) is 45.8 cm³/mol. The fourth-order valence-corrected chi connectivity index (χ4v) is 1.54. The van der Waals surface area contributed by atoms with Gasteiger partial charge in [-0.3, -0.25) is 0 Å². The molecular formula is C10H17. The van der Waals surface area contributed by atoms with Crippen LogP contribution in [0.3, 0.4) is 0 Å². The molecule has 10 heavy (non-hydrogen) atoms. The van der Waals surface area contributed by atoms with Crippen molar-refractivity contribution >= 4 is 0 Å². The average molecular weight is 137 g/mol. The van der Waals surface area contributed by atoms with E-state index in [1.165, 1.54) is 38.5 Å². The summed E-state index contributed by atoms with van der Waals surface area (Å²) in [5.41, 5.74) is 0. The quantitative estimate of drug-likeness (QED) is 0.511. The molecule has 0 unspecified atom stereocenters. The Morgan fingerprint density at radius 3 is 2.50 bits per heavy atom. The SMILES string of the molecule is C/C=C/C[C]1CCCCC1. The van der Waals surface area contributed by atoms with Gasteiger partial charge in [0.1, 0.15) is 0 Å². The molecule has 0 saturated heterocycles. The van der Waals surface area contributed by atoms with Crippen LogP contribution >= 0.6 is 0 Å². The van der Waals surface area contributed by atoms with Gasteiger partial charge in [-0.2, -0.15) is 0 Å². The summed E-state index contributed by atoms with van der Waals surface area (Å²) in [4.78, 5) is 0. The molecule has 57 valence electrons. The van der Waals surface area contributed by atoms with Crippen molar-refractivity contribution in [1.29, 1.82) is 0 Å². The minimum atomic E-state index is 1.25. The zero-order chi connectivity index (χ0) is 7.23. The largest absolute Gasteiger partial charge is 0.0916 e. The highest BCUT2D eigenvalue weighted by molar-refractivity contribution is 4.99. The Labute approximate surface area is 64.3 Å². The lowest BCUT2D eigenvalue weighted by molar-refractivity contribution is 0.524. The van der Waals surface area contributed by atoms with Crippen LogP contribution in [0.5, 0.6) is 0 Å². The summed E-state index contributed by atoms with van der Waals surface area (Å²) >= 11 is 0. The molecule has 0 amide bonds. The highest BCUT2D eigenvalue weighted by Crippen LogP contribution is 2.28. The van der Waals surface area contributed by atoms with Gasteiger partial charge in [0.15, 0.2) is 0 Å². The normalized spacial score (nSPS) is 22.1. The van der Waals surface area contributed by atoms with Crippen LogP contribution in [0.1, 0.15) is 45.4 Å². The van der Waals surface area contributed by atoms with Gasteiger partial charge < -0.3 is 0 Å². The van der Waals surface area contributed by atoms with Crippen LogP contribution in [-0.2, 0) is 0 Å². The number of hydrogen-bond donors (Lipinski definition) is 0. The van der Waals surface area contributed by atoms with E-state index >= 15 is 0 Å². The summed E-state index contributed by atoms with van der Waals surface area (Å²) in [5.74, 6) is 1.77. The van der Waals surface area contributed by atoms with Crippen LogP contribution in [0.25, 0.3) is 0 Å². The van der Waals surface area contributed by atoms with E-state index in [4.69, 9.17) is 0 Å². The third kappa shape index (κ3) is 2.55. The minimum Gasteiger partial charge on any atom is -0.0916 e. The van der Waals surface area contributed by atoms with Crippen LogP contribution in [0.2, 0.25) is 0 Å². The molecular weight excluding hydrogens is 120 g/mol. The molecule has 1 fully saturated rings. The zero-order valence-electron chi connectivity index (χ0n) is 6.90. The minimum absolute atomic E-state index is 1.25. The van der Waals surface area contributed by atoms with Crippen molar-refractivity contribution in [3.8, 4) is 0 Å². The lowest BCUT2D eigenvalue weighted by Gasteiger charge is -2.18. The Morgan fingerprint density at radius 2 is 1.90 bits per heavy atom. The molecule has 0 spiro atoms. The Balaban J connectivity index is 2.13. The number of rotatable bonds is 2. The van der Waals surface area contributed by atoms with Crippen molar-refractivity contribution in [2.24, 2.45) is 0 Å². The monoisotopic (exact) mass is 137 g/mol. The van der Waals surface area contributed by atoms with Crippen molar-refractivity contribution in [3.05, 3.63) is 18.1 Å². The molecule has 1 radical (unpaired) electrons. The van der Waals surface area contributed by atoms with Gasteiger partial charge >= 0.3 is 0 Å². The first-order chi connectivity index (χ1) is 4.93. The first-order valence-corrected chi connectivity index (χ1v) is 4.38. The van der Waals surface area contributed by atoms with Crippen molar-refractivity contribution < 1.29 is 0 Å². The van der Waals surface area contributed by atoms with Crippen LogP contribution in [-0.4, -0.2) is 0 Å². The average Bonchev–Trinajstić information content (AvgIpc) is 2.03. The smallest absolute Gasteiger partial charge is 0.0204 e. The first-order valence-electron chi connectivity index (χ1n) is 4.38. The lowest BCUT2D eigenvalue weighted by Crippen LogP contribution is -2.01. The third-order valence-electron chi connectivity index (χ3n) is 2.20. The topological polar surface area (TPSA) is 0 Å². The van der Waals surface area contributed by atoms with Crippen molar-refractivity contribution in [2.45, 2.75) is 45.4 Å². The molecule has 0 atom stereocenters. The van der Waals surface area contributed by atoms with Gasteiger partial charge in [0.25, 0.3) is 0 Å². The summed E-state index contributed by atoms with van der Waals surface area (Å²) in [6.07, 6.45) is 12.8. The van der Waals surface area contributed by atoms with Gasteiger partial charge in [-0.1, -0.05) is 31.4 Å². The molecule has 0 N–H and O–H groups in total. The van der Waals surface area contributed by atoms with Crippen molar-refractivity contribution in [3.63, 3.8) is 0 Å². The van der Waals surface area contributed by atoms with Crippen LogP contribution < -0.4 is 0 Å². The molecule has 0 heteroatoms. The van der Waals surface area contributed by atoms with Gasteiger partial charge in [-0.15, -0.1) is 0 Å². The maximum atomic E-state index is 2.28. The second-order valence-corrected chi connectivity index (χ2v) is 3.08. The van der Waals surface area contributed by atoms with Crippen LogP contribution in [0, 0.1) is 5.92 Å². The molecule has 1 aliphatic rings. The van der Waals surface area contributed by atoms with E-state index in [0.29, 0.717) is 0 Å². The van der Waals surface area contributed by atoms with E-state index in [9.17, 15) is 0 Å². The van der Waals surface area contributed by atoms with Gasteiger partial charge in [0.2, 0.25) is 0 Å². The van der Waals surface area contributed by atoms with Crippen molar-refractivity contribution in [1.82, 2.24) is 0 Å². The fraction of sp³-hybridized carbons (Fsp3) is 0.700. The standard InChI is InChI=1S/C10H17/c1-2-3-7-10-8-5-4-6-9-10/h2-3H,4-9H2,1H3/b3-2+. The number of hydrogen-bond acceptors (Lipinski definition) is 0. The van der Waals surface area contributed by atoms with Crippen molar-refractivity contribution in [2.75, 3.05) is 0 Å². The summed E-state index contributed by atoms with van der Waals surface area (Å²) in [6.45, 7) is 2.10. The Kier molecular flexibility index (Phi) is 3.56. The first kappa shape index (κ1) is 7.84. The van der Waals surface area contributed by atoms with E-state index in [-0.39, 0.29) is 0 Å². The summed E-state index contributed by atoms with van der Waals surface area (Å²) in [6, 6.07) is 0. The van der Waals surface area contributed by atoms with Gasteiger partial charge in [-0.05, 0) is 32.1 Å².